The SMILES string of the molecule is O=C1[C@H]2CCCC[C@@H]2C(=O)N1c1cccc([N+](=O)[O-])c1. The van der Waals surface area contributed by atoms with E-state index in [2.05, 4.69) is 0 Å². The van der Waals surface area contributed by atoms with Crippen LogP contribution in [0.3, 0.4) is 0 Å². The molecule has 1 heterocycles. The minimum Gasteiger partial charge on any atom is -0.274 e. The fraction of sp³-hybridized carbons (Fsp3) is 0.429. The van der Waals surface area contributed by atoms with Crippen LogP contribution in [0.25, 0.3) is 0 Å². The Balaban J connectivity index is 1.97. The van der Waals surface area contributed by atoms with Gasteiger partial charge in [0.2, 0.25) is 11.8 Å². The first kappa shape index (κ1) is 12.8. The van der Waals surface area contributed by atoms with Crippen molar-refractivity contribution in [3.8, 4) is 0 Å². The molecule has 0 radical (unpaired) electrons. The number of carbonyl (C=O) groups is 2. The van der Waals surface area contributed by atoms with E-state index in [1.807, 2.05) is 0 Å². The number of hydrogen-bond acceptors (Lipinski definition) is 4. The maximum atomic E-state index is 12.4. The number of rotatable bonds is 2. The molecule has 0 N–H and O–H groups in total. The number of amides is 2. The van der Waals surface area contributed by atoms with Crippen LogP contribution in [0.4, 0.5) is 11.4 Å². The summed E-state index contributed by atoms with van der Waals surface area (Å²) in [5.41, 5.74) is 0.196. The van der Waals surface area contributed by atoms with Crippen LogP contribution in [-0.2, 0) is 9.59 Å². The van der Waals surface area contributed by atoms with E-state index in [4.69, 9.17) is 0 Å². The largest absolute Gasteiger partial charge is 0.274 e. The van der Waals surface area contributed by atoms with E-state index in [0.29, 0.717) is 5.69 Å². The highest BCUT2D eigenvalue weighted by molar-refractivity contribution is 6.22. The van der Waals surface area contributed by atoms with Gasteiger partial charge in [0.25, 0.3) is 5.69 Å². The zero-order valence-electron chi connectivity index (χ0n) is 10.8. The van der Waals surface area contributed by atoms with E-state index < -0.39 is 4.92 Å². The van der Waals surface area contributed by atoms with E-state index in [0.717, 1.165) is 30.6 Å². The molecule has 0 aromatic heterocycles. The molecule has 2 fully saturated rings. The molecule has 1 saturated carbocycles. The van der Waals surface area contributed by atoms with Crippen molar-refractivity contribution >= 4 is 23.2 Å². The number of imide groups is 1. The Morgan fingerprint density at radius 1 is 1.10 bits per heavy atom. The van der Waals surface area contributed by atoms with Crippen molar-refractivity contribution < 1.29 is 14.5 Å². The van der Waals surface area contributed by atoms with Crippen LogP contribution in [0.5, 0.6) is 0 Å². The topological polar surface area (TPSA) is 80.5 Å². The summed E-state index contributed by atoms with van der Waals surface area (Å²) in [6.07, 6.45) is 3.40. The highest BCUT2D eigenvalue weighted by atomic mass is 16.6. The van der Waals surface area contributed by atoms with Crippen LogP contribution in [0, 0.1) is 22.0 Å². The maximum Gasteiger partial charge on any atom is 0.271 e. The van der Waals surface area contributed by atoms with Crippen molar-refractivity contribution in [3.05, 3.63) is 34.4 Å². The predicted molar refractivity (Wildman–Crippen MR) is 71.0 cm³/mol. The maximum absolute atomic E-state index is 12.4. The molecule has 0 unspecified atom stereocenters. The molecule has 0 bridgehead atoms. The van der Waals surface area contributed by atoms with Crippen molar-refractivity contribution in [1.82, 2.24) is 0 Å². The fourth-order valence-corrected chi connectivity index (χ4v) is 3.16. The van der Waals surface area contributed by atoms with Crippen LogP contribution in [0.15, 0.2) is 24.3 Å². The van der Waals surface area contributed by atoms with Crippen molar-refractivity contribution in [2.45, 2.75) is 25.7 Å². The van der Waals surface area contributed by atoms with Gasteiger partial charge in [-0.1, -0.05) is 18.9 Å². The number of nitro benzene ring substituents is 1. The van der Waals surface area contributed by atoms with Crippen LogP contribution >= 0.6 is 0 Å². The standard InChI is InChI=1S/C14H14N2O4/c17-13-11-6-1-2-7-12(11)14(18)15(13)9-4-3-5-10(8-9)16(19)20/h3-5,8,11-12H,1-2,6-7H2/t11-,12-/m0/s1. The zero-order valence-corrected chi connectivity index (χ0v) is 10.8. The van der Waals surface area contributed by atoms with Crippen LogP contribution in [0.2, 0.25) is 0 Å². The van der Waals surface area contributed by atoms with Crippen molar-refractivity contribution in [1.29, 1.82) is 0 Å². The average molecular weight is 274 g/mol. The molecule has 3 rings (SSSR count). The van der Waals surface area contributed by atoms with Gasteiger partial charge in [0, 0.05) is 12.1 Å². The van der Waals surface area contributed by atoms with E-state index in [9.17, 15) is 19.7 Å². The number of carbonyl (C=O) groups excluding carboxylic acids is 2. The lowest BCUT2D eigenvalue weighted by molar-refractivity contribution is -0.384. The lowest BCUT2D eigenvalue weighted by Crippen LogP contribution is -2.30. The summed E-state index contributed by atoms with van der Waals surface area (Å²) in [5, 5.41) is 10.8. The molecule has 1 saturated heterocycles. The van der Waals surface area contributed by atoms with Gasteiger partial charge in [0.1, 0.15) is 0 Å². The molecule has 2 aliphatic rings. The normalized spacial score (nSPS) is 25.7. The Kier molecular flexibility index (Phi) is 3.00. The summed E-state index contributed by atoms with van der Waals surface area (Å²) in [7, 11) is 0. The Morgan fingerprint density at radius 2 is 1.70 bits per heavy atom. The summed E-state index contributed by atoms with van der Waals surface area (Å²) in [5.74, 6) is -0.897. The zero-order chi connectivity index (χ0) is 14.3. The number of benzene rings is 1. The molecule has 1 aliphatic heterocycles. The summed E-state index contributed by atoms with van der Waals surface area (Å²) in [4.78, 5) is 36.1. The first-order valence-corrected chi connectivity index (χ1v) is 6.72. The number of non-ortho nitro benzene ring substituents is 1. The van der Waals surface area contributed by atoms with E-state index in [-0.39, 0.29) is 29.3 Å². The van der Waals surface area contributed by atoms with E-state index in [1.165, 1.54) is 18.2 Å². The van der Waals surface area contributed by atoms with Crippen molar-refractivity contribution in [2.75, 3.05) is 4.90 Å². The Labute approximate surface area is 115 Å². The lowest BCUT2D eigenvalue weighted by Gasteiger charge is -2.19. The van der Waals surface area contributed by atoms with Gasteiger partial charge in [-0.15, -0.1) is 0 Å². The second-order valence-corrected chi connectivity index (χ2v) is 5.29. The van der Waals surface area contributed by atoms with Gasteiger partial charge in [-0.3, -0.25) is 19.7 Å². The lowest BCUT2D eigenvalue weighted by atomic mass is 9.81. The molecule has 6 heteroatoms. The smallest absolute Gasteiger partial charge is 0.271 e. The number of nitrogens with zero attached hydrogens (tertiary/aromatic N) is 2. The second-order valence-electron chi connectivity index (χ2n) is 5.29. The van der Waals surface area contributed by atoms with Gasteiger partial charge in [0.05, 0.1) is 22.4 Å². The summed E-state index contributed by atoms with van der Waals surface area (Å²) in [6, 6.07) is 5.70. The average Bonchev–Trinajstić information content (AvgIpc) is 2.72. The molecule has 6 nitrogen and oxygen atoms in total. The number of anilines is 1. The molecule has 0 spiro atoms. The first-order valence-electron chi connectivity index (χ1n) is 6.72. The predicted octanol–water partition coefficient (Wildman–Crippen LogP) is 2.27. The Bertz CT molecular complexity index is 575. The Morgan fingerprint density at radius 3 is 2.25 bits per heavy atom. The summed E-state index contributed by atoms with van der Waals surface area (Å²) >= 11 is 0. The summed E-state index contributed by atoms with van der Waals surface area (Å²) in [6.45, 7) is 0. The highest BCUT2D eigenvalue weighted by Crippen LogP contribution is 2.40. The molecule has 1 aromatic carbocycles. The molecule has 2 amide bonds. The number of nitro groups is 1. The van der Waals surface area contributed by atoms with E-state index >= 15 is 0 Å². The van der Waals surface area contributed by atoms with Crippen LogP contribution in [-0.4, -0.2) is 16.7 Å². The van der Waals surface area contributed by atoms with Gasteiger partial charge >= 0.3 is 0 Å². The highest BCUT2D eigenvalue weighted by Gasteiger charge is 2.48. The summed E-state index contributed by atoms with van der Waals surface area (Å²) < 4.78 is 0. The quantitative estimate of drug-likeness (QED) is 0.470. The number of fused-ring (bicyclic) bond motifs is 1. The van der Waals surface area contributed by atoms with E-state index in [1.54, 1.807) is 6.07 Å². The van der Waals surface area contributed by atoms with Crippen LogP contribution < -0.4 is 4.90 Å². The van der Waals surface area contributed by atoms with Gasteiger partial charge in [-0.25, -0.2) is 4.90 Å². The molecule has 1 aromatic rings. The number of hydrogen-bond donors (Lipinski definition) is 0. The third-order valence-corrected chi connectivity index (χ3v) is 4.14. The monoisotopic (exact) mass is 274 g/mol. The van der Waals surface area contributed by atoms with Crippen LogP contribution in [0.1, 0.15) is 25.7 Å². The molecule has 104 valence electrons. The minimum atomic E-state index is -0.526. The molecular weight excluding hydrogens is 260 g/mol. The van der Waals surface area contributed by atoms with Crippen molar-refractivity contribution in [2.24, 2.45) is 11.8 Å². The van der Waals surface area contributed by atoms with Crippen molar-refractivity contribution in [3.63, 3.8) is 0 Å². The van der Waals surface area contributed by atoms with Gasteiger partial charge in [-0.2, -0.15) is 0 Å². The van der Waals surface area contributed by atoms with Gasteiger partial charge in [-0.05, 0) is 18.9 Å². The first-order chi connectivity index (χ1) is 9.59. The second kappa shape index (κ2) is 4.70. The third-order valence-electron chi connectivity index (χ3n) is 4.14. The van der Waals surface area contributed by atoms with Gasteiger partial charge in [0.15, 0.2) is 0 Å². The van der Waals surface area contributed by atoms with Gasteiger partial charge < -0.3 is 0 Å². The third kappa shape index (κ3) is 1.88. The molecule has 1 aliphatic carbocycles. The fourth-order valence-electron chi connectivity index (χ4n) is 3.16. The Hall–Kier alpha value is -2.24. The molecule has 2 atom stereocenters. The minimum absolute atomic E-state index is 0.113. The molecular formula is C14H14N2O4. The molecule has 20 heavy (non-hydrogen) atoms.